The molecule has 2 heterocycles. The number of ether oxygens (including phenoxy) is 1. The van der Waals surface area contributed by atoms with Crippen LogP contribution in [-0.4, -0.2) is 63.2 Å². The average molecular weight is 346 g/mol. The summed E-state index contributed by atoms with van der Waals surface area (Å²) in [6, 6.07) is 2.65. The number of rotatable bonds is 8. The van der Waals surface area contributed by atoms with E-state index < -0.39 is 15.9 Å². The number of hydrogen-bond donors (Lipinski definition) is 2. The molecule has 1 aromatic rings. The number of unbranched alkanes of at least 4 members (excludes halogenated alkanes) is 2. The zero-order valence-corrected chi connectivity index (χ0v) is 13.7. The van der Waals surface area contributed by atoms with E-state index in [1.165, 1.54) is 16.4 Å². The van der Waals surface area contributed by atoms with E-state index in [1.54, 1.807) is 0 Å². The van der Waals surface area contributed by atoms with Gasteiger partial charge in [0.1, 0.15) is 0 Å². The summed E-state index contributed by atoms with van der Waals surface area (Å²) in [5.74, 6) is -0.476. The number of carbonyl (C=O) groups excluding carboxylic acids is 1. The maximum absolute atomic E-state index is 12.4. The lowest BCUT2D eigenvalue weighted by atomic mass is 10.2. The minimum absolute atomic E-state index is 0.0287. The summed E-state index contributed by atoms with van der Waals surface area (Å²) in [6.07, 6.45) is 2.25. The summed E-state index contributed by atoms with van der Waals surface area (Å²) in [7, 11) is -3.73. The number of aliphatic hydroxyl groups excluding tert-OH is 1. The van der Waals surface area contributed by atoms with Crippen molar-refractivity contribution in [3.63, 3.8) is 0 Å². The van der Waals surface area contributed by atoms with Gasteiger partial charge < -0.3 is 19.6 Å². The Hall–Kier alpha value is -1.42. The molecule has 0 spiro atoms. The number of hydrogen-bond acceptors (Lipinski definition) is 6. The van der Waals surface area contributed by atoms with E-state index in [-0.39, 0.29) is 30.5 Å². The van der Waals surface area contributed by atoms with Gasteiger partial charge in [-0.05, 0) is 31.4 Å². The summed E-state index contributed by atoms with van der Waals surface area (Å²) in [6.45, 7) is 1.83. The van der Waals surface area contributed by atoms with Crippen LogP contribution < -0.4 is 5.32 Å². The van der Waals surface area contributed by atoms with Gasteiger partial charge in [0.2, 0.25) is 5.09 Å². The predicted molar refractivity (Wildman–Crippen MR) is 81.6 cm³/mol. The second-order valence-corrected chi connectivity index (χ2v) is 7.04. The Morgan fingerprint density at radius 2 is 1.96 bits per heavy atom. The first-order valence-corrected chi connectivity index (χ1v) is 9.06. The molecular formula is C14H22N2O6S. The molecule has 0 unspecified atom stereocenters. The molecule has 0 bridgehead atoms. The number of furan rings is 1. The smallest absolute Gasteiger partial charge is 0.287 e. The van der Waals surface area contributed by atoms with E-state index in [4.69, 9.17) is 14.3 Å². The zero-order valence-electron chi connectivity index (χ0n) is 12.9. The fourth-order valence-corrected chi connectivity index (χ4v) is 3.52. The van der Waals surface area contributed by atoms with Crippen LogP contribution in [0.4, 0.5) is 0 Å². The number of sulfonamides is 1. The molecule has 23 heavy (non-hydrogen) atoms. The lowest BCUT2D eigenvalue weighted by Crippen LogP contribution is -2.40. The van der Waals surface area contributed by atoms with Crippen LogP contribution in [0.15, 0.2) is 21.6 Å². The zero-order chi connectivity index (χ0) is 16.7. The second-order valence-electron chi connectivity index (χ2n) is 5.18. The Kier molecular flexibility index (Phi) is 6.58. The molecule has 0 atom stereocenters. The minimum atomic E-state index is -3.73. The van der Waals surface area contributed by atoms with E-state index in [0.29, 0.717) is 26.2 Å². The molecule has 0 saturated carbocycles. The van der Waals surface area contributed by atoms with E-state index in [2.05, 4.69) is 5.32 Å². The fraction of sp³-hybridized carbons (Fsp3) is 0.643. The van der Waals surface area contributed by atoms with E-state index >= 15 is 0 Å². The molecule has 1 amide bonds. The highest BCUT2D eigenvalue weighted by molar-refractivity contribution is 7.89. The number of morpholine rings is 1. The average Bonchev–Trinajstić information content (AvgIpc) is 3.06. The summed E-state index contributed by atoms with van der Waals surface area (Å²) >= 11 is 0. The van der Waals surface area contributed by atoms with Gasteiger partial charge in [0, 0.05) is 26.2 Å². The van der Waals surface area contributed by atoms with Gasteiger partial charge in [-0.2, -0.15) is 4.31 Å². The summed E-state index contributed by atoms with van der Waals surface area (Å²) < 4.78 is 36.4. The Bertz CT molecular complexity index is 607. The van der Waals surface area contributed by atoms with E-state index in [9.17, 15) is 13.2 Å². The topological polar surface area (TPSA) is 109 Å². The molecule has 1 fully saturated rings. The predicted octanol–water partition coefficient (Wildman–Crippen LogP) is 0.193. The SMILES string of the molecule is O=C(NCCCCCO)c1ccc(S(=O)(=O)N2CCOCC2)o1. The molecule has 0 aliphatic carbocycles. The number of nitrogens with one attached hydrogen (secondary N) is 1. The van der Waals surface area contributed by atoms with Crippen LogP contribution in [0.3, 0.4) is 0 Å². The van der Waals surface area contributed by atoms with Crippen molar-refractivity contribution in [1.82, 2.24) is 9.62 Å². The molecule has 2 rings (SSSR count). The van der Waals surface area contributed by atoms with E-state index in [1.807, 2.05) is 0 Å². The first kappa shape index (κ1) is 17.9. The van der Waals surface area contributed by atoms with Crippen molar-refractivity contribution in [3.8, 4) is 0 Å². The molecule has 8 nitrogen and oxygen atoms in total. The monoisotopic (exact) mass is 346 g/mol. The van der Waals surface area contributed by atoms with Gasteiger partial charge in [0.15, 0.2) is 5.76 Å². The van der Waals surface area contributed by atoms with Gasteiger partial charge in [-0.15, -0.1) is 0 Å². The van der Waals surface area contributed by atoms with Crippen molar-refractivity contribution < 1.29 is 27.5 Å². The molecule has 0 radical (unpaired) electrons. The third-order valence-electron chi connectivity index (χ3n) is 3.49. The molecule has 2 N–H and O–H groups in total. The lowest BCUT2D eigenvalue weighted by molar-refractivity contribution is 0.0722. The minimum Gasteiger partial charge on any atom is -0.438 e. The normalized spacial score (nSPS) is 16.4. The highest BCUT2D eigenvalue weighted by Gasteiger charge is 2.29. The van der Waals surface area contributed by atoms with Crippen molar-refractivity contribution >= 4 is 15.9 Å². The maximum atomic E-state index is 12.4. The van der Waals surface area contributed by atoms with Crippen LogP contribution in [-0.2, 0) is 14.8 Å². The number of aliphatic hydroxyl groups is 1. The summed E-state index contributed by atoms with van der Waals surface area (Å²) in [4.78, 5) is 11.9. The first-order valence-electron chi connectivity index (χ1n) is 7.62. The molecule has 1 aliphatic heterocycles. The Morgan fingerprint density at radius 3 is 2.65 bits per heavy atom. The van der Waals surface area contributed by atoms with Gasteiger partial charge in [-0.1, -0.05) is 0 Å². The van der Waals surface area contributed by atoms with Crippen molar-refractivity contribution in [2.24, 2.45) is 0 Å². The van der Waals surface area contributed by atoms with Crippen molar-refractivity contribution in [3.05, 3.63) is 17.9 Å². The van der Waals surface area contributed by atoms with Crippen molar-refractivity contribution in [2.75, 3.05) is 39.5 Å². The number of nitrogens with zero attached hydrogens (tertiary/aromatic N) is 1. The Morgan fingerprint density at radius 1 is 1.22 bits per heavy atom. The third-order valence-corrected chi connectivity index (χ3v) is 5.26. The van der Waals surface area contributed by atoms with Gasteiger partial charge in [0.05, 0.1) is 13.2 Å². The third kappa shape index (κ3) is 4.77. The first-order chi connectivity index (χ1) is 11.1. The van der Waals surface area contributed by atoms with Gasteiger partial charge in [-0.3, -0.25) is 4.79 Å². The van der Waals surface area contributed by atoms with Crippen molar-refractivity contribution in [1.29, 1.82) is 0 Å². The van der Waals surface area contributed by atoms with Crippen LogP contribution >= 0.6 is 0 Å². The quantitative estimate of drug-likeness (QED) is 0.651. The molecular weight excluding hydrogens is 324 g/mol. The number of amides is 1. The van der Waals surface area contributed by atoms with Gasteiger partial charge in [-0.25, -0.2) is 8.42 Å². The summed E-state index contributed by atoms with van der Waals surface area (Å²) in [5, 5.41) is 11.1. The molecule has 1 aromatic heterocycles. The molecule has 130 valence electrons. The fourth-order valence-electron chi connectivity index (χ4n) is 2.20. The van der Waals surface area contributed by atoms with E-state index in [0.717, 1.165) is 12.8 Å². The summed E-state index contributed by atoms with van der Waals surface area (Å²) in [5.41, 5.74) is 0. The van der Waals surface area contributed by atoms with Crippen molar-refractivity contribution in [2.45, 2.75) is 24.4 Å². The van der Waals surface area contributed by atoms with Crippen LogP contribution in [0.25, 0.3) is 0 Å². The Balaban J connectivity index is 1.92. The molecule has 1 saturated heterocycles. The standard InChI is InChI=1S/C14H22N2O6S/c17-9-3-1-2-6-15-14(18)12-4-5-13(22-12)23(19,20)16-7-10-21-11-8-16/h4-5,17H,1-3,6-11H2,(H,15,18). The highest BCUT2D eigenvalue weighted by atomic mass is 32.2. The molecule has 1 aliphatic rings. The molecule has 0 aromatic carbocycles. The van der Waals surface area contributed by atoms with Crippen LogP contribution in [0.1, 0.15) is 29.8 Å². The maximum Gasteiger partial charge on any atom is 0.287 e. The van der Waals surface area contributed by atoms with Crippen LogP contribution in [0, 0.1) is 0 Å². The van der Waals surface area contributed by atoms with Crippen LogP contribution in [0.2, 0.25) is 0 Å². The highest BCUT2D eigenvalue weighted by Crippen LogP contribution is 2.19. The van der Waals surface area contributed by atoms with Crippen LogP contribution in [0.5, 0.6) is 0 Å². The largest absolute Gasteiger partial charge is 0.438 e. The van der Waals surface area contributed by atoms with Gasteiger partial charge >= 0.3 is 0 Å². The second kappa shape index (κ2) is 8.44. The Labute approximate surface area is 135 Å². The van der Waals surface area contributed by atoms with Gasteiger partial charge in [0.25, 0.3) is 15.9 Å². The molecule has 9 heteroatoms. The lowest BCUT2D eigenvalue weighted by Gasteiger charge is -2.24. The number of carbonyl (C=O) groups is 1.